The van der Waals surface area contributed by atoms with Crippen molar-refractivity contribution in [1.82, 2.24) is 0 Å². The van der Waals surface area contributed by atoms with Crippen LogP contribution in [0.1, 0.15) is 25.8 Å². The first-order chi connectivity index (χ1) is 8.10. The highest BCUT2D eigenvalue weighted by atomic mass is 19.1. The molecule has 1 rings (SSSR count). The molecule has 3 N–H and O–H groups in total. The van der Waals surface area contributed by atoms with Gasteiger partial charge in [-0.25, -0.2) is 4.39 Å². The van der Waals surface area contributed by atoms with Gasteiger partial charge < -0.3 is 15.7 Å². The minimum absolute atomic E-state index is 0.145. The molecule has 0 amide bonds. The highest BCUT2D eigenvalue weighted by molar-refractivity contribution is 5.49. The van der Waals surface area contributed by atoms with Gasteiger partial charge in [-0.05, 0) is 32.4 Å². The maximum Gasteiger partial charge on any atom is 0.129 e. The number of benzene rings is 1. The van der Waals surface area contributed by atoms with Gasteiger partial charge in [-0.3, -0.25) is 0 Å². The molecular formula is C13H21FN2O. The van der Waals surface area contributed by atoms with Gasteiger partial charge in [-0.2, -0.15) is 0 Å². The molecule has 0 fully saturated rings. The topological polar surface area (TPSA) is 49.5 Å². The predicted octanol–water partition coefficient (Wildman–Crippen LogP) is 1.88. The summed E-state index contributed by atoms with van der Waals surface area (Å²) in [6.45, 7) is 5.17. The third kappa shape index (κ3) is 3.68. The Kier molecular flexibility index (Phi) is 5.38. The summed E-state index contributed by atoms with van der Waals surface area (Å²) in [6.07, 6.45) is 0.679. The van der Waals surface area contributed by atoms with E-state index in [2.05, 4.69) is 4.90 Å². The summed E-state index contributed by atoms with van der Waals surface area (Å²) in [5.74, 6) is -0.264. The molecule has 0 aromatic heterocycles. The van der Waals surface area contributed by atoms with Crippen LogP contribution in [0.2, 0.25) is 0 Å². The van der Waals surface area contributed by atoms with E-state index in [1.54, 1.807) is 6.07 Å². The van der Waals surface area contributed by atoms with Gasteiger partial charge in [0, 0.05) is 37.0 Å². The molecule has 0 bridgehead atoms. The summed E-state index contributed by atoms with van der Waals surface area (Å²) in [6, 6.07) is 5.38. The number of hydrogen-bond donors (Lipinski definition) is 2. The van der Waals surface area contributed by atoms with Crippen molar-refractivity contribution in [2.24, 2.45) is 5.73 Å². The molecule has 0 unspecified atom stereocenters. The van der Waals surface area contributed by atoms with E-state index >= 15 is 0 Å². The minimum atomic E-state index is -0.264. The van der Waals surface area contributed by atoms with Crippen LogP contribution < -0.4 is 10.6 Å². The Morgan fingerprint density at radius 1 is 1.41 bits per heavy atom. The van der Waals surface area contributed by atoms with E-state index in [9.17, 15) is 4.39 Å². The predicted molar refractivity (Wildman–Crippen MR) is 68.5 cm³/mol. The normalized spacial score (nSPS) is 10.9. The molecule has 0 aliphatic heterocycles. The van der Waals surface area contributed by atoms with Crippen molar-refractivity contribution < 1.29 is 9.50 Å². The summed E-state index contributed by atoms with van der Waals surface area (Å²) in [7, 11) is 0. The monoisotopic (exact) mass is 240 g/mol. The van der Waals surface area contributed by atoms with E-state index < -0.39 is 0 Å². The zero-order chi connectivity index (χ0) is 12.8. The maximum atomic E-state index is 13.6. The summed E-state index contributed by atoms with van der Waals surface area (Å²) >= 11 is 0. The fraction of sp³-hybridized carbons (Fsp3) is 0.538. The van der Waals surface area contributed by atoms with Crippen molar-refractivity contribution in [3.05, 3.63) is 29.6 Å². The molecule has 0 saturated heterocycles. The first-order valence-corrected chi connectivity index (χ1v) is 5.96. The van der Waals surface area contributed by atoms with E-state index in [0.29, 0.717) is 12.0 Å². The Morgan fingerprint density at radius 2 is 2.12 bits per heavy atom. The number of halogens is 1. The summed E-state index contributed by atoms with van der Waals surface area (Å²) < 4.78 is 13.6. The molecule has 0 atom stereocenters. The van der Waals surface area contributed by atoms with Gasteiger partial charge in [0.25, 0.3) is 0 Å². The van der Waals surface area contributed by atoms with Crippen LogP contribution in [0.3, 0.4) is 0 Å². The lowest BCUT2D eigenvalue weighted by Crippen LogP contribution is -2.32. The van der Waals surface area contributed by atoms with Crippen molar-refractivity contribution in [2.75, 3.05) is 18.1 Å². The van der Waals surface area contributed by atoms with Crippen molar-refractivity contribution >= 4 is 5.69 Å². The van der Waals surface area contributed by atoms with Crippen LogP contribution in [0.15, 0.2) is 18.2 Å². The zero-order valence-corrected chi connectivity index (χ0v) is 10.5. The lowest BCUT2D eigenvalue weighted by atomic mass is 10.1. The average molecular weight is 240 g/mol. The van der Waals surface area contributed by atoms with Crippen molar-refractivity contribution in [3.63, 3.8) is 0 Å². The molecule has 3 nitrogen and oxygen atoms in total. The van der Waals surface area contributed by atoms with Crippen LogP contribution in [0.4, 0.5) is 10.1 Å². The standard InChI is InChI=1S/C13H21FN2O/c1-10(2)16(6-3-7-17)12-5-4-11(9-15)13(14)8-12/h4-5,8,10,17H,3,6-7,9,15H2,1-2H3. The number of hydrogen-bond acceptors (Lipinski definition) is 3. The van der Waals surface area contributed by atoms with Crippen LogP contribution in [-0.4, -0.2) is 24.3 Å². The van der Waals surface area contributed by atoms with Gasteiger partial charge in [0.05, 0.1) is 0 Å². The second kappa shape index (κ2) is 6.57. The fourth-order valence-corrected chi connectivity index (χ4v) is 1.81. The van der Waals surface area contributed by atoms with Gasteiger partial charge in [0.2, 0.25) is 0 Å². The highest BCUT2D eigenvalue weighted by Gasteiger charge is 2.12. The second-order valence-corrected chi connectivity index (χ2v) is 4.34. The molecule has 1 aromatic carbocycles. The largest absolute Gasteiger partial charge is 0.396 e. The first kappa shape index (κ1) is 13.9. The van der Waals surface area contributed by atoms with E-state index in [1.807, 2.05) is 19.9 Å². The number of aliphatic hydroxyl groups is 1. The van der Waals surface area contributed by atoms with Crippen molar-refractivity contribution in [3.8, 4) is 0 Å². The van der Waals surface area contributed by atoms with Gasteiger partial charge in [0.15, 0.2) is 0 Å². The molecule has 96 valence electrons. The number of rotatable bonds is 6. The number of aliphatic hydroxyl groups excluding tert-OH is 1. The van der Waals surface area contributed by atoms with E-state index in [0.717, 1.165) is 12.2 Å². The molecule has 17 heavy (non-hydrogen) atoms. The lowest BCUT2D eigenvalue weighted by molar-refractivity contribution is 0.288. The number of anilines is 1. The Morgan fingerprint density at radius 3 is 2.59 bits per heavy atom. The van der Waals surface area contributed by atoms with Crippen molar-refractivity contribution in [2.45, 2.75) is 32.9 Å². The first-order valence-electron chi connectivity index (χ1n) is 5.96. The Bertz CT molecular complexity index is 355. The van der Waals surface area contributed by atoms with Gasteiger partial charge in [-0.1, -0.05) is 6.07 Å². The van der Waals surface area contributed by atoms with Gasteiger partial charge >= 0.3 is 0 Å². The molecule has 1 aromatic rings. The average Bonchev–Trinajstić information content (AvgIpc) is 2.29. The molecule has 0 aliphatic carbocycles. The van der Waals surface area contributed by atoms with Crippen LogP contribution >= 0.6 is 0 Å². The number of nitrogens with two attached hydrogens (primary N) is 1. The zero-order valence-electron chi connectivity index (χ0n) is 10.5. The smallest absolute Gasteiger partial charge is 0.129 e. The van der Waals surface area contributed by atoms with Crippen LogP contribution in [0, 0.1) is 5.82 Å². The summed E-state index contributed by atoms with van der Waals surface area (Å²) in [5, 5.41) is 8.86. The second-order valence-electron chi connectivity index (χ2n) is 4.34. The number of nitrogens with zero attached hydrogens (tertiary/aromatic N) is 1. The van der Waals surface area contributed by atoms with Crippen LogP contribution in [-0.2, 0) is 6.54 Å². The quantitative estimate of drug-likeness (QED) is 0.798. The Balaban J connectivity index is 2.90. The Labute approximate surface area is 102 Å². The van der Waals surface area contributed by atoms with Gasteiger partial charge in [0.1, 0.15) is 5.82 Å². The van der Waals surface area contributed by atoms with Crippen LogP contribution in [0.5, 0.6) is 0 Å². The third-order valence-electron chi connectivity index (χ3n) is 2.77. The summed E-state index contributed by atoms with van der Waals surface area (Å²) in [5.41, 5.74) is 6.79. The lowest BCUT2D eigenvalue weighted by Gasteiger charge is -2.29. The van der Waals surface area contributed by atoms with Crippen molar-refractivity contribution in [1.29, 1.82) is 0 Å². The molecule has 0 radical (unpaired) electrons. The molecule has 0 saturated carbocycles. The molecule has 0 heterocycles. The molecular weight excluding hydrogens is 219 g/mol. The van der Waals surface area contributed by atoms with E-state index in [4.69, 9.17) is 10.8 Å². The fourth-order valence-electron chi connectivity index (χ4n) is 1.81. The molecule has 0 spiro atoms. The molecule has 4 heteroatoms. The van der Waals surface area contributed by atoms with E-state index in [1.165, 1.54) is 6.07 Å². The molecule has 0 aliphatic rings. The van der Waals surface area contributed by atoms with Gasteiger partial charge in [-0.15, -0.1) is 0 Å². The SMILES string of the molecule is CC(C)N(CCCO)c1ccc(CN)c(F)c1. The minimum Gasteiger partial charge on any atom is -0.396 e. The van der Waals surface area contributed by atoms with E-state index in [-0.39, 0.29) is 25.0 Å². The van der Waals surface area contributed by atoms with Crippen LogP contribution in [0.25, 0.3) is 0 Å². The third-order valence-corrected chi connectivity index (χ3v) is 2.77. The maximum absolute atomic E-state index is 13.6. The highest BCUT2D eigenvalue weighted by Crippen LogP contribution is 2.20. The Hall–Kier alpha value is -1.13. The summed E-state index contributed by atoms with van der Waals surface area (Å²) in [4.78, 5) is 2.07.